The Labute approximate surface area is 171 Å². The number of hydrogen-bond donors (Lipinski definition) is 2. The average Bonchev–Trinajstić information content (AvgIpc) is 3.06. The maximum Gasteiger partial charge on any atom is 0.410 e. The van der Waals surface area contributed by atoms with Gasteiger partial charge in [-0.25, -0.2) is 9.59 Å². The molecular weight excluding hydrogens is 384 g/mol. The third-order valence-electron chi connectivity index (χ3n) is 4.03. The molecule has 1 aromatic rings. The van der Waals surface area contributed by atoms with E-state index >= 15 is 0 Å². The van der Waals surface area contributed by atoms with Gasteiger partial charge in [-0.15, -0.1) is 0 Å². The Balaban J connectivity index is 0.00000190. The van der Waals surface area contributed by atoms with E-state index in [0.29, 0.717) is 11.6 Å². The molecular formula is C19H31ClN4O4. The first-order valence-corrected chi connectivity index (χ1v) is 9.83. The van der Waals surface area contributed by atoms with Gasteiger partial charge in [0.1, 0.15) is 17.1 Å². The molecule has 0 unspecified atom stereocenters. The Bertz CT molecular complexity index is 696. The van der Waals surface area contributed by atoms with Crippen molar-refractivity contribution < 1.29 is 19.2 Å². The fourth-order valence-corrected chi connectivity index (χ4v) is 2.79. The fourth-order valence-electron chi connectivity index (χ4n) is 2.63. The molecule has 1 aromatic heterocycles. The van der Waals surface area contributed by atoms with Crippen LogP contribution in [-0.4, -0.2) is 46.0 Å². The van der Waals surface area contributed by atoms with Crippen LogP contribution in [0.4, 0.5) is 4.79 Å². The van der Waals surface area contributed by atoms with Gasteiger partial charge in [-0.1, -0.05) is 30.6 Å². The lowest BCUT2D eigenvalue weighted by atomic mass is 9.93. The molecule has 0 bridgehead atoms. The molecule has 1 aliphatic heterocycles. The maximum absolute atomic E-state index is 12.4. The summed E-state index contributed by atoms with van der Waals surface area (Å²) in [5.74, 6) is -0.733. The summed E-state index contributed by atoms with van der Waals surface area (Å²) in [5.41, 5.74) is 5.58. The van der Waals surface area contributed by atoms with Crippen molar-refractivity contribution >= 4 is 29.5 Å². The summed E-state index contributed by atoms with van der Waals surface area (Å²) in [6, 6.07) is 1.47. The van der Waals surface area contributed by atoms with Gasteiger partial charge in [-0.3, -0.25) is 0 Å². The third kappa shape index (κ3) is 7.07. The minimum Gasteiger partial charge on any atom is -0.444 e. The van der Waals surface area contributed by atoms with Crippen LogP contribution in [0.2, 0.25) is 5.02 Å². The lowest BCUT2D eigenvalue weighted by Gasteiger charge is -2.38. The van der Waals surface area contributed by atoms with Gasteiger partial charge in [0.05, 0.1) is 5.02 Å². The third-order valence-corrected chi connectivity index (χ3v) is 4.25. The summed E-state index contributed by atoms with van der Waals surface area (Å²) in [6.07, 6.45) is 2.56. The largest absolute Gasteiger partial charge is 0.444 e. The lowest BCUT2D eigenvalue weighted by Crippen LogP contribution is -2.50. The Kier molecular flexibility index (Phi) is 8.81. The van der Waals surface area contributed by atoms with Crippen LogP contribution in [0.1, 0.15) is 64.9 Å². The van der Waals surface area contributed by atoms with Crippen LogP contribution in [0.5, 0.6) is 0 Å². The number of aromatic amines is 1. The van der Waals surface area contributed by atoms with Crippen LogP contribution >= 0.6 is 11.6 Å². The fraction of sp³-hybridized carbons (Fsp3) is 0.632. The average molecular weight is 415 g/mol. The molecule has 1 saturated heterocycles. The summed E-state index contributed by atoms with van der Waals surface area (Å²) >= 11 is 5.75. The zero-order valence-corrected chi connectivity index (χ0v) is 18.2. The number of rotatable bonds is 3. The molecule has 28 heavy (non-hydrogen) atoms. The minimum atomic E-state index is -0.687. The number of carbonyl (C=O) groups is 2. The van der Waals surface area contributed by atoms with Gasteiger partial charge in [-0.05, 0) is 46.6 Å². The zero-order valence-electron chi connectivity index (χ0n) is 17.4. The van der Waals surface area contributed by atoms with Crippen LogP contribution in [0.3, 0.4) is 0 Å². The van der Waals surface area contributed by atoms with Gasteiger partial charge in [-0.2, -0.15) is 0 Å². The summed E-state index contributed by atoms with van der Waals surface area (Å²) in [7, 11) is 0. The topological polar surface area (TPSA) is 110 Å². The number of carbonyl (C=O) groups excluding carboxylic acids is 2. The smallest absolute Gasteiger partial charge is 0.410 e. The van der Waals surface area contributed by atoms with Gasteiger partial charge < -0.3 is 25.2 Å². The first-order valence-electron chi connectivity index (χ1n) is 9.45. The van der Waals surface area contributed by atoms with Crippen molar-refractivity contribution in [1.29, 1.82) is 0 Å². The summed E-state index contributed by atoms with van der Waals surface area (Å²) in [5, 5.41) is 4.12. The summed E-state index contributed by atoms with van der Waals surface area (Å²) < 4.78 is 5.44. The van der Waals surface area contributed by atoms with E-state index in [1.54, 1.807) is 4.90 Å². The van der Waals surface area contributed by atoms with E-state index in [-0.39, 0.29) is 29.6 Å². The van der Waals surface area contributed by atoms with E-state index in [0.717, 1.165) is 12.8 Å². The van der Waals surface area contributed by atoms with Crippen LogP contribution < -0.4 is 5.73 Å². The molecule has 3 N–H and O–H groups in total. The van der Waals surface area contributed by atoms with Crippen molar-refractivity contribution in [3.05, 3.63) is 23.0 Å². The monoisotopic (exact) mass is 414 g/mol. The normalized spacial score (nSPS) is 20.1. The quantitative estimate of drug-likeness (QED) is 0.334. The summed E-state index contributed by atoms with van der Waals surface area (Å²) in [6.45, 7) is 11.8. The number of oxime groups is 1. The number of nitrogens with one attached hydrogen (secondary N) is 1. The molecule has 2 atom stereocenters. The second-order valence-electron chi connectivity index (χ2n) is 7.38. The van der Waals surface area contributed by atoms with Crippen LogP contribution in [0.15, 0.2) is 17.4 Å². The first kappa shape index (κ1) is 23.8. The highest BCUT2D eigenvalue weighted by Crippen LogP contribution is 2.24. The number of nitrogens with two attached hydrogens (primary N) is 1. The molecule has 9 heteroatoms. The predicted octanol–water partition coefficient (Wildman–Crippen LogP) is 4.16. The van der Waals surface area contributed by atoms with Crippen molar-refractivity contribution in [1.82, 2.24) is 9.88 Å². The number of nitrogens with zero attached hydrogens (tertiary/aromatic N) is 2. The van der Waals surface area contributed by atoms with Gasteiger partial charge in [0, 0.05) is 24.7 Å². The number of likely N-dealkylation sites (tertiary alicyclic amines) is 1. The number of hydrogen-bond acceptors (Lipinski definition) is 5. The number of aromatic nitrogens is 1. The summed E-state index contributed by atoms with van der Waals surface area (Å²) in [4.78, 5) is 33.4. The SMILES string of the molecule is CC.C[C@@H]1CC[C@H](/C(N)=N/OC(=O)c2cc(Cl)c[nH]2)CN1C(=O)OC(C)(C)C. The lowest BCUT2D eigenvalue weighted by molar-refractivity contribution is 0.00868. The molecule has 0 radical (unpaired) electrons. The van der Waals surface area contributed by atoms with Crippen molar-refractivity contribution in [2.45, 2.75) is 66.0 Å². The molecule has 1 aliphatic rings. The van der Waals surface area contributed by atoms with E-state index < -0.39 is 11.6 Å². The van der Waals surface area contributed by atoms with Crippen LogP contribution in [0.25, 0.3) is 0 Å². The van der Waals surface area contributed by atoms with Crippen molar-refractivity contribution in [3.8, 4) is 0 Å². The standard InChI is InChI=1S/C17H25ClN4O4.C2H6/c1-10-5-6-11(9-22(10)16(24)25-17(2,3)4)14(19)21-26-15(23)13-7-12(18)8-20-13;1-2/h7-8,10-11,20H,5-6,9H2,1-4H3,(H2,19,21);1-2H3/t10-,11+;/m1./s1. The highest BCUT2D eigenvalue weighted by molar-refractivity contribution is 6.30. The van der Waals surface area contributed by atoms with Crippen molar-refractivity contribution in [2.24, 2.45) is 16.8 Å². The number of piperidine rings is 1. The Morgan fingerprint density at radius 3 is 2.50 bits per heavy atom. The molecule has 2 heterocycles. The Morgan fingerprint density at radius 2 is 1.96 bits per heavy atom. The van der Waals surface area contributed by atoms with Crippen molar-refractivity contribution in [2.75, 3.05) is 6.54 Å². The number of H-pyrrole nitrogens is 1. The molecule has 0 aliphatic carbocycles. The number of ether oxygens (including phenoxy) is 1. The van der Waals surface area contributed by atoms with E-state index in [4.69, 9.17) is 26.9 Å². The maximum atomic E-state index is 12.4. The number of halogens is 1. The van der Waals surface area contributed by atoms with E-state index in [1.165, 1.54) is 12.3 Å². The van der Waals surface area contributed by atoms with E-state index in [2.05, 4.69) is 10.1 Å². The molecule has 1 fully saturated rings. The van der Waals surface area contributed by atoms with E-state index in [9.17, 15) is 9.59 Å². The molecule has 8 nitrogen and oxygen atoms in total. The van der Waals surface area contributed by atoms with Crippen LogP contribution in [0, 0.1) is 5.92 Å². The highest BCUT2D eigenvalue weighted by Gasteiger charge is 2.33. The molecule has 0 saturated carbocycles. The zero-order chi connectivity index (χ0) is 21.5. The van der Waals surface area contributed by atoms with Crippen LogP contribution in [-0.2, 0) is 9.57 Å². The second-order valence-corrected chi connectivity index (χ2v) is 7.82. The number of amides is 1. The van der Waals surface area contributed by atoms with Gasteiger partial charge >= 0.3 is 12.1 Å². The Morgan fingerprint density at radius 1 is 1.32 bits per heavy atom. The van der Waals surface area contributed by atoms with E-state index in [1.807, 2.05) is 41.5 Å². The number of amidine groups is 1. The highest BCUT2D eigenvalue weighted by atomic mass is 35.5. The Hall–Kier alpha value is -2.22. The van der Waals surface area contributed by atoms with Gasteiger partial charge in [0.2, 0.25) is 0 Å². The minimum absolute atomic E-state index is 0.0394. The van der Waals surface area contributed by atoms with Gasteiger partial charge in [0.15, 0.2) is 0 Å². The molecule has 1 amide bonds. The van der Waals surface area contributed by atoms with Gasteiger partial charge in [0.25, 0.3) is 0 Å². The molecule has 2 rings (SSSR count). The predicted molar refractivity (Wildman–Crippen MR) is 109 cm³/mol. The molecule has 158 valence electrons. The second kappa shape index (κ2) is 10.4. The first-order chi connectivity index (χ1) is 13.1. The molecule has 0 aromatic carbocycles. The van der Waals surface area contributed by atoms with Crippen molar-refractivity contribution in [3.63, 3.8) is 0 Å². The molecule has 0 spiro atoms.